The van der Waals surface area contributed by atoms with Crippen molar-refractivity contribution in [2.24, 2.45) is 5.73 Å². The molecule has 1 amide bonds. The van der Waals surface area contributed by atoms with Gasteiger partial charge in [0.2, 0.25) is 0 Å². The van der Waals surface area contributed by atoms with Crippen molar-refractivity contribution in [3.63, 3.8) is 0 Å². The first-order valence-electron chi connectivity index (χ1n) is 9.91. The van der Waals surface area contributed by atoms with Crippen LogP contribution in [0, 0.1) is 0 Å². The number of allylic oxidation sites excluding steroid dienone is 1. The van der Waals surface area contributed by atoms with Crippen molar-refractivity contribution in [3.05, 3.63) is 71.3 Å². The predicted molar refractivity (Wildman–Crippen MR) is 121 cm³/mol. The zero-order valence-corrected chi connectivity index (χ0v) is 18.0. The Morgan fingerprint density at radius 3 is 2.63 bits per heavy atom. The number of morpholine rings is 1. The summed E-state index contributed by atoms with van der Waals surface area (Å²) in [5.41, 5.74) is 8.83. The Balaban J connectivity index is 1.71. The molecule has 0 aliphatic carbocycles. The molecule has 0 unspecified atom stereocenters. The lowest BCUT2D eigenvalue weighted by molar-refractivity contribution is -0.117. The lowest BCUT2D eigenvalue weighted by Crippen LogP contribution is -2.37. The lowest BCUT2D eigenvalue weighted by atomic mass is 10.1. The quantitative estimate of drug-likeness (QED) is 0.628. The van der Waals surface area contributed by atoms with E-state index < -0.39 is 0 Å². The number of aromatic nitrogens is 2. The van der Waals surface area contributed by atoms with Crippen molar-refractivity contribution >= 4 is 28.3 Å². The molecule has 3 rings (SSSR count). The van der Waals surface area contributed by atoms with E-state index in [0.29, 0.717) is 47.5 Å². The first kappa shape index (κ1) is 21.9. The van der Waals surface area contributed by atoms with Crippen LogP contribution in [0.25, 0.3) is 4.91 Å². The number of anilines is 1. The number of hydrogen-bond donors (Lipinski definition) is 2. The van der Waals surface area contributed by atoms with Crippen LogP contribution < -0.4 is 16.0 Å². The van der Waals surface area contributed by atoms with E-state index in [0.717, 1.165) is 24.3 Å². The number of rotatable bonds is 8. The molecule has 1 aromatic carbocycles. The molecule has 0 saturated carbocycles. The van der Waals surface area contributed by atoms with Gasteiger partial charge >= 0.3 is 0 Å². The van der Waals surface area contributed by atoms with Crippen LogP contribution in [-0.4, -0.2) is 42.2 Å². The van der Waals surface area contributed by atoms with Gasteiger partial charge < -0.3 is 20.7 Å². The highest BCUT2D eigenvalue weighted by Gasteiger charge is 2.19. The number of nitrogens with zero attached hydrogens (tertiary/aromatic N) is 3. The van der Waals surface area contributed by atoms with Crippen LogP contribution in [0.1, 0.15) is 24.7 Å². The molecule has 1 aromatic heterocycles. The molecule has 1 saturated heterocycles. The fraction of sp³-hybridized carbons (Fsp3) is 0.318. The second-order valence-electron chi connectivity index (χ2n) is 6.72. The SMILES string of the molecule is C=C(S/C(C(=O)NCc1ccccc1N1CCOCC1)=C(\N)CC)c1ncccn1. The molecule has 2 heterocycles. The molecule has 1 fully saturated rings. The minimum atomic E-state index is -0.229. The number of nitrogens with one attached hydrogen (secondary N) is 1. The molecule has 1 aliphatic rings. The normalized spacial score (nSPS) is 14.8. The highest BCUT2D eigenvalue weighted by molar-refractivity contribution is 8.12. The van der Waals surface area contributed by atoms with E-state index in [1.807, 2.05) is 25.1 Å². The Labute approximate surface area is 181 Å². The van der Waals surface area contributed by atoms with Crippen LogP contribution in [0.4, 0.5) is 5.69 Å². The zero-order chi connectivity index (χ0) is 21.3. The van der Waals surface area contributed by atoms with Gasteiger partial charge in [-0.1, -0.05) is 43.5 Å². The number of carbonyl (C=O) groups excluding carboxylic acids is 1. The number of benzene rings is 1. The van der Waals surface area contributed by atoms with Gasteiger partial charge in [-0.25, -0.2) is 9.97 Å². The van der Waals surface area contributed by atoms with Crippen molar-refractivity contribution in [2.45, 2.75) is 19.9 Å². The number of para-hydroxylation sites is 1. The van der Waals surface area contributed by atoms with Crippen molar-refractivity contribution in [1.82, 2.24) is 15.3 Å². The van der Waals surface area contributed by atoms with Crippen molar-refractivity contribution < 1.29 is 9.53 Å². The number of hydrogen-bond acceptors (Lipinski definition) is 7. The summed E-state index contributed by atoms with van der Waals surface area (Å²) in [6.45, 7) is 9.42. The number of amides is 1. The summed E-state index contributed by atoms with van der Waals surface area (Å²) in [4.78, 5) is 24.7. The third-order valence-electron chi connectivity index (χ3n) is 4.70. The van der Waals surface area contributed by atoms with Gasteiger partial charge in [0.1, 0.15) is 0 Å². The number of nitrogens with two attached hydrogens (primary N) is 1. The van der Waals surface area contributed by atoms with E-state index in [9.17, 15) is 4.79 Å². The van der Waals surface area contributed by atoms with Crippen LogP contribution in [0.2, 0.25) is 0 Å². The molecule has 0 atom stereocenters. The van der Waals surface area contributed by atoms with Gasteiger partial charge in [0.25, 0.3) is 5.91 Å². The molecule has 0 bridgehead atoms. The number of ether oxygens (including phenoxy) is 1. The average molecular weight is 426 g/mol. The molecule has 1 aliphatic heterocycles. The van der Waals surface area contributed by atoms with Gasteiger partial charge in [-0.15, -0.1) is 0 Å². The van der Waals surface area contributed by atoms with Gasteiger partial charge in [-0.3, -0.25) is 4.79 Å². The van der Waals surface area contributed by atoms with E-state index in [1.165, 1.54) is 11.8 Å². The van der Waals surface area contributed by atoms with E-state index in [2.05, 4.69) is 32.8 Å². The Bertz CT molecular complexity index is 911. The second-order valence-corrected chi connectivity index (χ2v) is 7.82. The molecule has 8 heteroatoms. The van der Waals surface area contributed by atoms with E-state index in [-0.39, 0.29) is 5.91 Å². The summed E-state index contributed by atoms with van der Waals surface area (Å²) in [7, 11) is 0. The molecule has 158 valence electrons. The van der Waals surface area contributed by atoms with Gasteiger partial charge in [0, 0.05) is 48.3 Å². The fourth-order valence-electron chi connectivity index (χ4n) is 3.06. The summed E-state index contributed by atoms with van der Waals surface area (Å²) < 4.78 is 5.45. The van der Waals surface area contributed by atoms with Crippen LogP contribution >= 0.6 is 11.8 Å². The van der Waals surface area contributed by atoms with Gasteiger partial charge in [-0.05, 0) is 24.1 Å². The molecule has 0 spiro atoms. The maximum atomic E-state index is 13.0. The highest BCUT2D eigenvalue weighted by Crippen LogP contribution is 2.32. The van der Waals surface area contributed by atoms with E-state index >= 15 is 0 Å². The molecular formula is C22H27N5O2S. The third-order valence-corrected chi connectivity index (χ3v) is 5.78. The van der Waals surface area contributed by atoms with Gasteiger partial charge in [-0.2, -0.15) is 0 Å². The fourth-order valence-corrected chi connectivity index (χ4v) is 3.94. The van der Waals surface area contributed by atoms with Crippen LogP contribution in [0.15, 0.2) is 59.9 Å². The Kier molecular flexibility index (Phi) is 7.87. The molecule has 0 radical (unpaired) electrons. The Morgan fingerprint density at radius 2 is 1.93 bits per heavy atom. The first-order valence-corrected chi connectivity index (χ1v) is 10.7. The number of carbonyl (C=O) groups is 1. The number of thioether (sulfide) groups is 1. The molecule has 7 nitrogen and oxygen atoms in total. The largest absolute Gasteiger partial charge is 0.401 e. The summed E-state index contributed by atoms with van der Waals surface area (Å²) in [6, 6.07) is 9.83. The predicted octanol–water partition coefficient (Wildman–Crippen LogP) is 2.91. The summed E-state index contributed by atoms with van der Waals surface area (Å²) in [5.74, 6) is 0.252. The molecular weight excluding hydrogens is 398 g/mol. The average Bonchev–Trinajstić information content (AvgIpc) is 2.81. The minimum Gasteiger partial charge on any atom is -0.401 e. The second kappa shape index (κ2) is 10.8. The topological polar surface area (TPSA) is 93.4 Å². The monoisotopic (exact) mass is 425 g/mol. The van der Waals surface area contributed by atoms with Crippen LogP contribution in [0.5, 0.6) is 0 Å². The summed E-state index contributed by atoms with van der Waals surface area (Å²) >= 11 is 1.20. The van der Waals surface area contributed by atoms with Gasteiger partial charge in [0.05, 0.1) is 18.1 Å². The smallest absolute Gasteiger partial charge is 0.260 e. The van der Waals surface area contributed by atoms with Crippen molar-refractivity contribution in [2.75, 3.05) is 31.2 Å². The molecule has 2 aromatic rings. The maximum Gasteiger partial charge on any atom is 0.260 e. The van der Waals surface area contributed by atoms with Crippen LogP contribution in [-0.2, 0) is 16.1 Å². The molecule has 3 N–H and O–H groups in total. The summed E-state index contributed by atoms with van der Waals surface area (Å²) in [6.07, 6.45) is 3.84. The Morgan fingerprint density at radius 1 is 1.23 bits per heavy atom. The lowest BCUT2D eigenvalue weighted by Gasteiger charge is -2.30. The first-order chi connectivity index (χ1) is 14.6. The van der Waals surface area contributed by atoms with Crippen molar-refractivity contribution in [3.8, 4) is 0 Å². The van der Waals surface area contributed by atoms with E-state index in [1.54, 1.807) is 18.5 Å². The van der Waals surface area contributed by atoms with E-state index in [4.69, 9.17) is 10.5 Å². The summed E-state index contributed by atoms with van der Waals surface area (Å²) in [5, 5.41) is 3.01. The Hall–Kier alpha value is -2.84. The zero-order valence-electron chi connectivity index (χ0n) is 17.1. The highest BCUT2D eigenvalue weighted by atomic mass is 32.2. The maximum absolute atomic E-state index is 13.0. The third kappa shape index (κ3) is 5.61. The minimum absolute atomic E-state index is 0.229. The van der Waals surface area contributed by atoms with Crippen molar-refractivity contribution in [1.29, 1.82) is 0 Å². The standard InChI is InChI=1S/C22H27N5O2S/c1-3-18(23)20(30-16(2)21-24-9-6-10-25-21)22(28)26-15-17-7-4-5-8-19(17)27-11-13-29-14-12-27/h4-10H,2-3,11-15,23H2,1H3,(H,26,28)/b20-18-. The van der Waals surface area contributed by atoms with Crippen LogP contribution in [0.3, 0.4) is 0 Å². The van der Waals surface area contributed by atoms with Gasteiger partial charge in [0.15, 0.2) is 5.82 Å². The molecule has 30 heavy (non-hydrogen) atoms.